The summed E-state index contributed by atoms with van der Waals surface area (Å²) in [4.78, 5) is 12.7. The molecule has 0 N–H and O–H groups in total. The number of ketones is 1. The maximum Gasteiger partial charge on any atom is 0.185 e. The molecule has 33 heavy (non-hydrogen) atoms. The fraction of sp³-hybridized carbons (Fsp3) is 0.0370. The zero-order valence-electron chi connectivity index (χ0n) is 18.0. The van der Waals surface area contributed by atoms with Gasteiger partial charge in [-0.2, -0.15) is 5.10 Å². The number of hydrogen-bond donors (Lipinski definition) is 0. The Morgan fingerprint density at radius 2 is 1.39 bits per heavy atom. The van der Waals surface area contributed by atoms with Gasteiger partial charge in [0.25, 0.3) is 0 Å². The van der Waals surface area contributed by atoms with Crippen LogP contribution in [0.5, 0.6) is 0 Å². The van der Waals surface area contributed by atoms with Gasteiger partial charge in [-0.1, -0.05) is 71.9 Å². The van der Waals surface area contributed by atoms with Crippen molar-refractivity contribution in [3.63, 3.8) is 0 Å². The van der Waals surface area contributed by atoms with Crippen LogP contribution in [-0.4, -0.2) is 30.6 Å². The van der Waals surface area contributed by atoms with E-state index >= 15 is 0 Å². The fourth-order valence-electron chi connectivity index (χ4n) is 3.63. The number of para-hydroxylation sites is 2. The van der Waals surface area contributed by atoms with Crippen molar-refractivity contribution in [3.8, 4) is 22.8 Å². The maximum absolute atomic E-state index is 12.7. The number of benzene rings is 3. The Morgan fingerprint density at radius 3 is 2.06 bits per heavy atom. The predicted molar refractivity (Wildman–Crippen MR) is 128 cm³/mol. The Morgan fingerprint density at radius 1 is 0.788 bits per heavy atom. The highest BCUT2D eigenvalue weighted by molar-refractivity contribution is 6.07. The SMILES string of the molecule is Cc1c(-c2nn(-c3ccccc3)cc2/C=C/C(=O)c2ccccc2)nnn1-c1ccccc1. The average Bonchev–Trinajstić information content (AvgIpc) is 3.47. The molecule has 0 aliphatic rings. The van der Waals surface area contributed by atoms with Crippen LogP contribution in [0.1, 0.15) is 21.6 Å². The minimum absolute atomic E-state index is 0.0707. The van der Waals surface area contributed by atoms with E-state index in [2.05, 4.69) is 10.3 Å². The quantitative estimate of drug-likeness (QED) is 0.269. The van der Waals surface area contributed by atoms with E-state index in [9.17, 15) is 4.79 Å². The zero-order valence-corrected chi connectivity index (χ0v) is 18.0. The van der Waals surface area contributed by atoms with Crippen LogP contribution in [0.2, 0.25) is 0 Å². The van der Waals surface area contributed by atoms with Crippen molar-refractivity contribution in [1.82, 2.24) is 24.8 Å². The third-order valence-corrected chi connectivity index (χ3v) is 5.36. The first kappa shape index (κ1) is 20.3. The minimum Gasteiger partial charge on any atom is -0.289 e. The molecule has 0 atom stereocenters. The second kappa shape index (κ2) is 8.88. The minimum atomic E-state index is -0.0707. The van der Waals surface area contributed by atoms with Crippen molar-refractivity contribution in [2.75, 3.05) is 0 Å². The van der Waals surface area contributed by atoms with Gasteiger partial charge in [0.1, 0.15) is 11.4 Å². The van der Waals surface area contributed by atoms with Crippen LogP contribution in [0.3, 0.4) is 0 Å². The normalized spacial score (nSPS) is 11.2. The lowest BCUT2D eigenvalue weighted by molar-refractivity contribution is 0.104. The van der Waals surface area contributed by atoms with Crippen LogP contribution in [0, 0.1) is 6.92 Å². The van der Waals surface area contributed by atoms with Gasteiger partial charge in [0.15, 0.2) is 5.78 Å². The van der Waals surface area contributed by atoms with Crippen molar-refractivity contribution < 1.29 is 4.79 Å². The largest absolute Gasteiger partial charge is 0.289 e. The van der Waals surface area contributed by atoms with Crippen LogP contribution in [-0.2, 0) is 0 Å². The van der Waals surface area contributed by atoms with Crippen molar-refractivity contribution in [3.05, 3.63) is 120 Å². The van der Waals surface area contributed by atoms with E-state index in [-0.39, 0.29) is 5.78 Å². The van der Waals surface area contributed by atoms with Gasteiger partial charge in [-0.15, -0.1) is 5.10 Å². The van der Waals surface area contributed by atoms with Gasteiger partial charge in [0.05, 0.1) is 17.1 Å². The number of carbonyl (C=O) groups excluding carboxylic acids is 1. The lowest BCUT2D eigenvalue weighted by Gasteiger charge is -2.03. The lowest BCUT2D eigenvalue weighted by atomic mass is 10.1. The molecule has 0 spiro atoms. The summed E-state index contributed by atoms with van der Waals surface area (Å²) in [6.45, 7) is 1.96. The van der Waals surface area contributed by atoms with Crippen LogP contribution in [0.25, 0.3) is 28.8 Å². The average molecular weight is 431 g/mol. The Labute approximate surface area is 191 Å². The van der Waals surface area contributed by atoms with E-state index in [0.29, 0.717) is 17.0 Å². The molecule has 0 bridgehead atoms. The van der Waals surface area contributed by atoms with Gasteiger partial charge in [-0.05, 0) is 43.3 Å². The van der Waals surface area contributed by atoms with Gasteiger partial charge >= 0.3 is 0 Å². The molecule has 2 heterocycles. The van der Waals surface area contributed by atoms with Gasteiger partial charge in [-0.3, -0.25) is 4.79 Å². The number of aromatic nitrogens is 5. The highest BCUT2D eigenvalue weighted by Gasteiger charge is 2.19. The van der Waals surface area contributed by atoms with E-state index in [4.69, 9.17) is 5.10 Å². The highest BCUT2D eigenvalue weighted by atomic mass is 16.1. The zero-order chi connectivity index (χ0) is 22.6. The van der Waals surface area contributed by atoms with Crippen molar-refractivity contribution >= 4 is 11.9 Å². The Hall–Kier alpha value is -4.58. The topological polar surface area (TPSA) is 65.6 Å². The van der Waals surface area contributed by atoms with Gasteiger partial charge < -0.3 is 0 Å². The van der Waals surface area contributed by atoms with Crippen molar-refractivity contribution in [2.24, 2.45) is 0 Å². The standard InChI is InChI=1S/C27H21N5O/c1-20-26(28-30-32(20)24-15-9-4-10-16-24)27-22(17-18-25(33)21-11-5-2-6-12-21)19-31(29-27)23-13-7-3-8-14-23/h2-19H,1H3/b18-17+. The van der Waals surface area contributed by atoms with Crippen LogP contribution in [0.15, 0.2) is 103 Å². The molecule has 0 fully saturated rings. The summed E-state index contributed by atoms with van der Waals surface area (Å²) in [6.07, 6.45) is 5.26. The third kappa shape index (κ3) is 4.14. The lowest BCUT2D eigenvalue weighted by Crippen LogP contribution is -1.99. The number of rotatable bonds is 6. The van der Waals surface area contributed by atoms with E-state index in [1.54, 1.807) is 33.6 Å². The number of nitrogens with zero attached hydrogens (tertiary/aromatic N) is 5. The molecule has 0 saturated carbocycles. The Balaban J connectivity index is 1.58. The smallest absolute Gasteiger partial charge is 0.185 e. The summed E-state index contributed by atoms with van der Waals surface area (Å²) in [5, 5.41) is 13.6. The van der Waals surface area contributed by atoms with Crippen molar-refractivity contribution in [1.29, 1.82) is 0 Å². The first-order chi connectivity index (χ1) is 16.2. The predicted octanol–water partition coefficient (Wildman–Crippen LogP) is 5.32. The monoisotopic (exact) mass is 431 g/mol. The van der Waals surface area contributed by atoms with Crippen LogP contribution >= 0.6 is 0 Å². The second-order valence-corrected chi connectivity index (χ2v) is 7.55. The summed E-state index contributed by atoms with van der Waals surface area (Å²) >= 11 is 0. The molecular weight excluding hydrogens is 410 g/mol. The molecule has 6 nitrogen and oxygen atoms in total. The summed E-state index contributed by atoms with van der Waals surface area (Å²) in [5.74, 6) is -0.0707. The van der Waals surface area contributed by atoms with Crippen molar-refractivity contribution in [2.45, 2.75) is 6.92 Å². The summed E-state index contributed by atoms with van der Waals surface area (Å²) in [7, 11) is 0. The first-order valence-corrected chi connectivity index (χ1v) is 10.6. The summed E-state index contributed by atoms with van der Waals surface area (Å²) in [6, 6.07) is 28.9. The molecule has 0 saturated heterocycles. The molecule has 6 heteroatoms. The molecule has 0 radical (unpaired) electrons. The second-order valence-electron chi connectivity index (χ2n) is 7.55. The maximum atomic E-state index is 12.7. The van der Waals surface area contributed by atoms with E-state index in [1.807, 2.05) is 92.0 Å². The van der Waals surface area contributed by atoms with Gasteiger partial charge in [-0.25, -0.2) is 9.36 Å². The molecule has 0 aliphatic carbocycles. The van der Waals surface area contributed by atoms with E-state index in [0.717, 1.165) is 22.6 Å². The molecule has 5 aromatic rings. The number of carbonyl (C=O) groups is 1. The van der Waals surface area contributed by atoms with Crippen LogP contribution < -0.4 is 0 Å². The third-order valence-electron chi connectivity index (χ3n) is 5.36. The highest BCUT2D eigenvalue weighted by Crippen LogP contribution is 2.27. The molecule has 0 amide bonds. The molecule has 5 rings (SSSR count). The fourth-order valence-corrected chi connectivity index (χ4v) is 3.63. The van der Waals surface area contributed by atoms with Gasteiger partial charge in [0, 0.05) is 17.3 Å². The Bertz CT molecular complexity index is 1420. The molecule has 3 aromatic carbocycles. The molecule has 0 unspecified atom stereocenters. The molecular formula is C27H21N5O. The molecule has 160 valence electrons. The van der Waals surface area contributed by atoms with Crippen LogP contribution in [0.4, 0.5) is 0 Å². The number of hydrogen-bond acceptors (Lipinski definition) is 4. The number of allylic oxidation sites excluding steroid dienone is 1. The molecule has 2 aromatic heterocycles. The Kier molecular flexibility index (Phi) is 5.47. The first-order valence-electron chi connectivity index (χ1n) is 10.6. The van der Waals surface area contributed by atoms with Gasteiger partial charge in [0.2, 0.25) is 0 Å². The summed E-state index contributed by atoms with van der Waals surface area (Å²) in [5.41, 5.74) is 5.45. The van der Waals surface area contributed by atoms with E-state index < -0.39 is 0 Å². The molecule has 0 aliphatic heterocycles. The summed E-state index contributed by atoms with van der Waals surface area (Å²) < 4.78 is 3.59. The van der Waals surface area contributed by atoms with E-state index in [1.165, 1.54) is 0 Å².